The molecule has 0 aromatic heterocycles. The predicted molar refractivity (Wildman–Crippen MR) is 99.8 cm³/mol. The summed E-state index contributed by atoms with van der Waals surface area (Å²) in [5, 5.41) is 8.95. The first kappa shape index (κ1) is 17.4. The summed E-state index contributed by atoms with van der Waals surface area (Å²) in [5.74, 6) is 1.03. The van der Waals surface area contributed by atoms with Crippen LogP contribution in [0, 0.1) is 5.92 Å². The van der Waals surface area contributed by atoms with Crippen molar-refractivity contribution in [1.29, 1.82) is 0 Å². The SMILES string of the molecule is O=C(NCc1ccc2c(c1)OCO2)c1ccccc1NC(=O)C1CCNC1. The molecule has 0 bridgehead atoms. The fourth-order valence-electron chi connectivity index (χ4n) is 3.23. The summed E-state index contributed by atoms with van der Waals surface area (Å²) in [6.45, 7) is 2.08. The molecule has 0 saturated carbocycles. The molecule has 2 aliphatic rings. The molecule has 1 unspecified atom stereocenters. The monoisotopic (exact) mass is 367 g/mol. The first-order valence-corrected chi connectivity index (χ1v) is 8.98. The minimum Gasteiger partial charge on any atom is -0.454 e. The van der Waals surface area contributed by atoms with Crippen molar-refractivity contribution < 1.29 is 19.1 Å². The van der Waals surface area contributed by atoms with Crippen LogP contribution in [0.15, 0.2) is 42.5 Å². The lowest BCUT2D eigenvalue weighted by atomic mass is 10.1. The Balaban J connectivity index is 1.41. The Bertz CT molecular complexity index is 862. The van der Waals surface area contributed by atoms with Crippen molar-refractivity contribution >= 4 is 17.5 Å². The van der Waals surface area contributed by atoms with E-state index in [1.807, 2.05) is 18.2 Å². The van der Waals surface area contributed by atoms with E-state index in [9.17, 15) is 9.59 Å². The number of amides is 2. The Hall–Kier alpha value is -3.06. The van der Waals surface area contributed by atoms with Crippen molar-refractivity contribution in [2.24, 2.45) is 5.92 Å². The number of fused-ring (bicyclic) bond motifs is 1. The molecule has 2 aromatic carbocycles. The predicted octanol–water partition coefficient (Wildman–Crippen LogP) is 1.89. The van der Waals surface area contributed by atoms with Gasteiger partial charge < -0.3 is 25.4 Å². The average Bonchev–Trinajstić information content (AvgIpc) is 3.38. The average molecular weight is 367 g/mol. The van der Waals surface area contributed by atoms with Gasteiger partial charge in [0.05, 0.1) is 17.2 Å². The van der Waals surface area contributed by atoms with Crippen molar-refractivity contribution in [2.75, 3.05) is 25.2 Å². The molecular weight excluding hydrogens is 346 g/mol. The van der Waals surface area contributed by atoms with E-state index in [1.54, 1.807) is 24.3 Å². The molecular formula is C20H21N3O4. The zero-order valence-corrected chi connectivity index (χ0v) is 14.8. The van der Waals surface area contributed by atoms with Gasteiger partial charge in [0, 0.05) is 13.1 Å². The molecule has 1 saturated heterocycles. The van der Waals surface area contributed by atoms with E-state index in [-0.39, 0.29) is 24.5 Å². The molecule has 140 valence electrons. The second-order valence-electron chi connectivity index (χ2n) is 6.59. The number of anilines is 1. The van der Waals surface area contributed by atoms with Crippen molar-refractivity contribution in [3.8, 4) is 11.5 Å². The number of ether oxygens (including phenoxy) is 2. The molecule has 2 amide bonds. The molecule has 7 nitrogen and oxygen atoms in total. The van der Waals surface area contributed by atoms with Gasteiger partial charge in [0.1, 0.15) is 0 Å². The minimum atomic E-state index is -0.242. The number of benzene rings is 2. The van der Waals surface area contributed by atoms with Crippen LogP contribution in [0.5, 0.6) is 11.5 Å². The number of hydrogen-bond acceptors (Lipinski definition) is 5. The van der Waals surface area contributed by atoms with Gasteiger partial charge in [0.2, 0.25) is 12.7 Å². The van der Waals surface area contributed by atoms with Crippen LogP contribution >= 0.6 is 0 Å². The zero-order chi connectivity index (χ0) is 18.6. The highest BCUT2D eigenvalue weighted by Crippen LogP contribution is 2.32. The van der Waals surface area contributed by atoms with Gasteiger partial charge in [0.15, 0.2) is 11.5 Å². The van der Waals surface area contributed by atoms with Crippen LogP contribution in [-0.4, -0.2) is 31.7 Å². The van der Waals surface area contributed by atoms with Crippen LogP contribution in [0.2, 0.25) is 0 Å². The fraction of sp³-hybridized carbons (Fsp3) is 0.300. The third-order valence-corrected chi connectivity index (χ3v) is 4.75. The maximum Gasteiger partial charge on any atom is 0.253 e. The minimum absolute atomic E-state index is 0.0592. The Morgan fingerprint density at radius 1 is 1.11 bits per heavy atom. The third-order valence-electron chi connectivity index (χ3n) is 4.75. The number of hydrogen-bond donors (Lipinski definition) is 3. The highest BCUT2D eigenvalue weighted by molar-refractivity contribution is 6.04. The van der Waals surface area contributed by atoms with Gasteiger partial charge in [-0.05, 0) is 42.8 Å². The van der Waals surface area contributed by atoms with Gasteiger partial charge in [-0.1, -0.05) is 18.2 Å². The summed E-state index contributed by atoms with van der Waals surface area (Å²) in [5.41, 5.74) is 1.88. The largest absolute Gasteiger partial charge is 0.454 e. The molecule has 0 radical (unpaired) electrons. The standard InChI is InChI=1S/C20H21N3O4/c24-19(14-7-8-21-11-14)23-16-4-2-1-3-15(16)20(25)22-10-13-5-6-17-18(9-13)27-12-26-17/h1-6,9,14,21H,7-8,10-12H2,(H,22,25)(H,23,24). The summed E-state index contributed by atoms with van der Waals surface area (Å²) in [6.07, 6.45) is 0.810. The van der Waals surface area contributed by atoms with Gasteiger partial charge in [-0.25, -0.2) is 0 Å². The quantitative estimate of drug-likeness (QED) is 0.751. The summed E-state index contributed by atoms with van der Waals surface area (Å²) in [7, 11) is 0. The molecule has 3 N–H and O–H groups in total. The molecule has 27 heavy (non-hydrogen) atoms. The molecule has 7 heteroatoms. The lowest BCUT2D eigenvalue weighted by Crippen LogP contribution is -2.28. The second kappa shape index (κ2) is 7.67. The summed E-state index contributed by atoms with van der Waals surface area (Å²) in [4.78, 5) is 25.0. The molecule has 2 aromatic rings. The molecule has 0 spiro atoms. The smallest absolute Gasteiger partial charge is 0.253 e. The van der Waals surface area contributed by atoms with Gasteiger partial charge in [-0.2, -0.15) is 0 Å². The van der Waals surface area contributed by atoms with Gasteiger partial charge in [0.25, 0.3) is 5.91 Å². The lowest BCUT2D eigenvalue weighted by molar-refractivity contribution is -0.119. The fourth-order valence-corrected chi connectivity index (χ4v) is 3.23. The molecule has 4 rings (SSSR count). The van der Waals surface area contributed by atoms with Crippen molar-refractivity contribution in [3.05, 3.63) is 53.6 Å². The normalized spacial score (nSPS) is 17.6. The van der Waals surface area contributed by atoms with Crippen LogP contribution in [0.25, 0.3) is 0 Å². The van der Waals surface area contributed by atoms with Gasteiger partial charge >= 0.3 is 0 Å². The number of nitrogens with one attached hydrogen (secondary N) is 3. The van der Waals surface area contributed by atoms with Crippen molar-refractivity contribution in [2.45, 2.75) is 13.0 Å². The third kappa shape index (κ3) is 3.88. The molecule has 1 fully saturated rings. The number of carbonyl (C=O) groups excluding carboxylic acids is 2. The Morgan fingerprint density at radius 2 is 1.96 bits per heavy atom. The van der Waals surface area contributed by atoms with E-state index in [1.165, 1.54) is 0 Å². The molecule has 0 aliphatic carbocycles. The Kier molecular flexibility index (Phi) is 4.93. The van der Waals surface area contributed by atoms with E-state index >= 15 is 0 Å². The van der Waals surface area contributed by atoms with Crippen LogP contribution in [0.1, 0.15) is 22.3 Å². The first-order chi connectivity index (χ1) is 13.2. The number of para-hydroxylation sites is 1. The van der Waals surface area contributed by atoms with Crippen LogP contribution < -0.4 is 25.4 Å². The highest BCUT2D eigenvalue weighted by atomic mass is 16.7. The Labute approximate surface area is 157 Å². The van der Waals surface area contributed by atoms with E-state index in [0.717, 1.165) is 18.5 Å². The number of rotatable bonds is 5. The van der Waals surface area contributed by atoms with Crippen molar-refractivity contribution in [3.63, 3.8) is 0 Å². The Morgan fingerprint density at radius 3 is 2.81 bits per heavy atom. The summed E-state index contributed by atoms with van der Waals surface area (Å²) < 4.78 is 10.6. The van der Waals surface area contributed by atoms with Crippen LogP contribution in [0.4, 0.5) is 5.69 Å². The molecule has 1 atom stereocenters. The second-order valence-corrected chi connectivity index (χ2v) is 6.59. The maximum absolute atomic E-state index is 12.6. The van der Waals surface area contributed by atoms with Gasteiger partial charge in [-0.3, -0.25) is 9.59 Å². The van der Waals surface area contributed by atoms with E-state index < -0.39 is 0 Å². The van der Waals surface area contributed by atoms with E-state index in [4.69, 9.17) is 9.47 Å². The lowest BCUT2D eigenvalue weighted by Gasteiger charge is -2.14. The van der Waals surface area contributed by atoms with Crippen molar-refractivity contribution in [1.82, 2.24) is 10.6 Å². The van der Waals surface area contributed by atoms with Gasteiger partial charge in [-0.15, -0.1) is 0 Å². The van der Waals surface area contributed by atoms with Crippen LogP contribution in [-0.2, 0) is 11.3 Å². The van der Waals surface area contributed by atoms with E-state index in [2.05, 4.69) is 16.0 Å². The summed E-state index contributed by atoms with van der Waals surface area (Å²) >= 11 is 0. The van der Waals surface area contributed by atoms with Crippen LogP contribution in [0.3, 0.4) is 0 Å². The highest BCUT2D eigenvalue weighted by Gasteiger charge is 2.23. The maximum atomic E-state index is 12.6. The zero-order valence-electron chi connectivity index (χ0n) is 14.8. The number of carbonyl (C=O) groups is 2. The topological polar surface area (TPSA) is 88.7 Å². The first-order valence-electron chi connectivity index (χ1n) is 8.98. The summed E-state index contributed by atoms with van der Waals surface area (Å²) in [6, 6.07) is 12.6. The molecule has 2 aliphatic heterocycles. The molecule has 2 heterocycles. The van der Waals surface area contributed by atoms with E-state index in [0.29, 0.717) is 35.8 Å².